The van der Waals surface area contributed by atoms with Crippen molar-refractivity contribution >= 4 is 11.8 Å². The number of carbonyl (C=O) groups excluding carboxylic acids is 2. The minimum Gasteiger partial charge on any atom is -0.366 e. The molecule has 42 heavy (non-hydrogen) atoms. The maximum Gasteiger partial charge on any atom is 0.254 e. The van der Waals surface area contributed by atoms with E-state index >= 15 is 0 Å². The van der Waals surface area contributed by atoms with Crippen molar-refractivity contribution in [1.82, 2.24) is 14.9 Å². The Hall–Kier alpha value is -4.54. The summed E-state index contributed by atoms with van der Waals surface area (Å²) in [5.41, 5.74) is 7.60. The summed E-state index contributed by atoms with van der Waals surface area (Å²) in [6.45, 7) is 0.647. The third-order valence-electron chi connectivity index (χ3n) is 7.74. The minimum atomic E-state index is -0.971. The van der Waals surface area contributed by atoms with Gasteiger partial charge in [-0.25, -0.2) is 19.0 Å². The molecule has 7 nitrogen and oxygen atoms in total. The van der Waals surface area contributed by atoms with Crippen molar-refractivity contribution in [3.05, 3.63) is 125 Å². The van der Waals surface area contributed by atoms with E-state index in [2.05, 4.69) is 4.98 Å². The molecule has 0 saturated carbocycles. The number of likely N-dealkylation sites (N-methyl/N-ethyl adjacent to an activating group) is 1. The molecule has 1 aliphatic heterocycles. The molecular formula is C32H30F3N5O2. The van der Waals surface area contributed by atoms with Crippen LogP contribution in [0.2, 0.25) is 0 Å². The summed E-state index contributed by atoms with van der Waals surface area (Å²) in [6, 6.07) is 18.7. The number of pyridine rings is 1. The number of nitrogens with two attached hydrogens (primary N) is 2. The van der Waals surface area contributed by atoms with Crippen LogP contribution in [-0.4, -0.2) is 46.3 Å². The van der Waals surface area contributed by atoms with Crippen LogP contribution in [0.25, 0.3) is 11.1 Å². The number of hydrogen-bond donors (Lipinski definition) is 2. The maximum atomic E-state index is 14.3. The van der Waals surface area contributed by atoms with Gasteiger partial charge in [-0.1, -0.05) is 42.5 Å². The molecule has 0 bridgehead atoms. The summed E-state index contributed by atoms with van der Waals surface area (Å²) in [5.74, 6) is 3.05. The highest BCUT2D eigenvalue weighted by atomic mass is 19.1. The van der Waals surface area contributed by atoms with E-state index in [1.165, 1.54) is 30.5 Å². The molecule has 1 fully saturated rings. The van der Waals surface area contributed by atoms with Crippen LogP contribution in [-0.2, 0) is 11.2 Å². The number of nitrogens with zero attached hydrogens (tertiary/aromatic N) is 3. The standard InChI is InChI=1S/C32H30F3N5O2/c1-39-18-22(20-6-3-2-4-7-20)16-29(39)32(42)40(37)28(14-19-12-23(33)17-24(34)13-19)30-25(8-5-11-38-30)21-9-10-27(35)26(15-21)31(36)41/h2-13,15,17,22,28-29H,14,16,18,37H2,1H3,(H2,36,41). The molecule has 5 rings (SSSR count). The smallest absolute Gasteiger partial charge is 0.254 e. The number of hydrazine groups is 1. The third kappa shape index (κ3) is 6.05. The second kappa shape index (κ2) is 12.1. The normalized spacial score (nSPS) is 17.6. The van der Waals surface area contributed by atoms with E-state index in [0.717, 1.165) is 22.7 Å². The fourth-order valence-electron chi connectivity index (χ4n) is 5.67. The molecule has 1 aliphatic rings. The van der Waals surface area contributed by atoms with Crippen LogP contribution in [0, 0.1) is 17.5 Å². The van der Waals surface area contributed by atoms with E-state index in [1.807, 2.05) is 42.3 Å². The first kappa shape index (κ1) is 29.0. The Morgan fingerprint density at radius 3 is 2.40 bits per heavy atom. The highest BCUT2D eigenvalue weighted by Gasteiger charge is 2.39. The highest BCUT2D eigenvalue weighted by molar-refractivity contribution is 5.94. The zero-order chi connectivity index (χ0) is 30.0. The number of primary amides is 1. The van der Waals surface area contributed by atoms with E-state index in [9.17, 15) is 22.8 Å². The van der Waals surface area contributed by atoms with Crippen molar-refractivity contribution in [2.45, 2.75) is 30.8 Å². The maximum absolute atomic E-state index is 14.3. The summed E-state index contributed by atoms with van der Waals surface area (Å²) in [7, 11) is 1.85. The van der Waals surface area contributed by atoms with Crippen molar-refractivity contribution in [3.63, 3.8) is 0 Å². The Balaban J connectivity index is 1.54. The van der Waals surface area contributed by atoms with Crippen LogP contribution in [0.15, 0.2) is 85.1 Å². The fraction of sp³-hybridized carbons (Fsp3) is 0.219. The topological polar surface area (TPSA) is 106 Å². The predicted molar refractivity (Wildman–Crippen MR) is 152 cm³/mol. The van der Waals surface area contributed by atoms with Gasteiger partial charge in [0.1, 0.15) is 17.5 Å². The van der Waals surface area contributed by atoms with Crippen LogP contribution in [0.3, 0.4) is 0 Å². The number of aromatic nitrogens is 1. The van der Waals surface area contributed by atoms with Gasteiger partial charge < -0.3 is 5.73 Å². The monoisotopic (exact) mass is 573 g/mol. The molecule has 2 heterocycles. The molecule has 1 saturated heterocycles. The van der Waals surface area contributed by atoms with Crippen LogP contribution in [0.4, 0.5) is 13.2 Å². The Bertz CT molecular complexity index is 1600. The molecule has 3 unspecified atom stereocenters. The molecule has 0 spiro atoms. The van der Waals surface area contributed by atoms with Gasteiger partial charge in [-0.2, -0.15) is 0 Å². The number of hydrogen-bond acceptors (Lipinski definition) is 5. The lowest BCUT2D eigenvalue weighted by molar-refractivity contribution is -0.138. The SMILES string of the molecule is CN1CC(c2ccccc2)CC1C(=O)N(N)C(Cc1cc(F)cc(F)c1)c1ncccc1-c1ccc(F)c(C(N)=O)c1. The van der Waals surface area contributed by atoms with E-state index in [4.69, 9.17) is 11.6 Å². The van der Waals surface area contributed by atoms with Crippen molar-refractivity contribution in [1.29, 1.82) is 0 Å². The number of benzene rings is 3. The zero-order valence-corrected chi connectivity index (χ0v) is 22.9. The van der Waals surface area contributed by atoms with Gasteiger partial charge in [-0.15, -0.1) is 0 Å². The van der Waals surface area contributed by atoms with Gasteiger partial charge in [0, 0.05) is 30.8 Å². The second-order valence-corrected chi connectivity index (χ2v) is 10.5. The molecule has 216 valence electrons. The van der Waals surface area contributed by atoms with Gasteiger partial charge in [0.2, 0.25) is 0 Å². The second-order valence-electron chi connectivity index (χ2n) is 10.5. The van der Waals surface area contributed by atoms with Gasteiger partial charge in [0.15, 0.2) is 0 Å². The Labute approximate surface area is 241 Å². The molecule has 1 aromatic heterocycles. The Morgan fingerprint density at radius 1 is 1.00 bits per heavy atom. The molecule has 0 radical (unpaired) electrons. The van der Waals surface area contributed by atoms with Crippen molar-refractivity contribution in [3.8, 4) is 11.1 Å². The molecule has 3 atom stereocenters. The first-order valence-electron chi connectivity index (χ1n) is 13.4. The summed E-state index contributed by atoms with van der Waals surface area (Å²) in [5, 5.41) is 1.07. The molecule has 4 aromatic rings. The molecular weight excluding hydrogens is 543 g/mol. The summed E-state index contributed by atoms with van der Waals surface area (Å²) >= 11 is 0. The number of likely N-dealkylation sites (tertiary alicyclic amines) is 1. The van der Waals surface area contributed by atoms with Crippen LogP contribution < -0.4 is 11.6 Å². The van der Waals surface area contributed by atoms with Crippen LogP contribution in [0.1, 0.15) is 45.6 Å². The number of halogens is 3. The lowest BCUT2D eigenvalue weighted by Gasteiger charge is -2.32. The van der Waals surface area contributed by atoms with Crippen molar-refractivity contribution in [2.24, 2.45) is 11.6 Å². The Kier molecular flexibility index (Phi) is 8.37. The Morgan fingerprint density at radius 2 is 1.71 bits per heavy atom. The van der Waals surface area contributed by atoms with Gasteiger partial charge in [0.25, 0.3) is 11.8 Å². The van der Waals surface area contributed by atoms with E-state index < -0.39 is 35.4 Å². The van der Waals surface area contributed by atoms with E-state index in [-0.39, 0.29) is 29.4 Å². The van der Waals surface area contributed by atoms with Gasteiger partial charge >= 0.3 is 0 Å². The molecule has 4 N–H and O–H groups in total. The lowest BCUT2D eigenvalue weighted by atomic mass is 9.93. The van der Waals surface area contributed by atoms with Crippen molar-refractivity contribution < 1.29 is 22.8 Å². The summed E-state index contributed by atoms with van der Waals surface area (Å²) < 4.78 is 42.7. The summed E-state index contributed by atoms with van der Waals surface area (Å²) in [6.07, 6.45) is 1.97. The fourth-order valence-corrected chi connectivity index (χ4v) is 5.67. The molecule has 10 heteroatoms. The first-order valence-corrected chi connectivity index (χ1v) is 13.4. The molecule has 0 aliphatic carbocycles. The van der Waals surface area contributed by atoms with Crippen LogP contribution in [0.5, 0.6) is 0 Å². The highest BCUT2D eigenvalue weighted by Crippen LogP contribution is 2.36. The van der Waals surface area contributed by atoms with Crippen molar-refractivity contribution in [2.75, 3.05) is 13.6 Å². The van der Waals surface area contributed by atoms with E-state index in [0.29, 0.717) is 29.8 Å². The minimum absolute atomic E-state index is 0.0661. The van der Waals surface area contributed by atoms with Gasteiger partial charge in [-0.3, -0.25) is 24.5 Å². The predicted octanol–water partition coefficient (Wildman–Crippen LogP) is 4.74. The van der Waals surface area contributed by atoms with Gasteiger partial charge in [0.05, 0.1) is 23.3 Å². The quantitative estimate of drug-likeness (QED) is 0.180. The molecule has 3 aromatic carbocycles. The average Bonchev–Trinajstić information content (AvgIpc) is 3.36. The molecule has 2 amide bonds. The number of amides is 2. The van der Waals surface area contributed by atoms with Gasteiger partial charge in [-0.05, 0) is 66.4 Å². The third-order valence-corrected chi connectivity index (χ3v) is 7.74. The average molecular weight is 574 g/mol. The lowest BCUT2D eigenvalue weighted by Crippen LogP contribution is -2.50. The van der Waals surface area contributed by atoms with Crippen LogP contribution >= 0.6 is 0 Å². The zero-order valence-electron chi connectivity index (χ0n) is 22.9. The number of rotatable bonds is 8. The van der Waals surface area contributed by atoms with E-state index in [1.54, 1.807) is 12.1 Å². The number of carbonyl (C=O) groups is 2. The first-order chi connectivity index (χ1) is 20.1. The largest absolute Gasteiger partial charge is 0.366 e. The summed E-state index contributed by atoms with van der Waals surface area (Å²) in [4.78, 5) is 32.3.